The Hall–Kier alpha value is -2.84. The minimum Gasteiger partial charge on any atom is -0.320 e. The average Bonchev–Trinajstić information content (AvgIpc) is 2.49. The lowest BCUT2D eigenvalue weighted by molar-refractivity contribution is 0.262. The molecular formula is C16H14FN3O. The highest BCUT2D eigenvalue weighted by molar-refractivity contribution is 6.00. The molecule has 0 aliphatic heterocycles. The number of rotatable bonds is 2. The summed E-state index contributed by atoms with van der Waals surface area (Å²) in [6, 6.07) is 12.5. The summed E-state index contributed by atoms with van der Waals surface area (Å²) in [5.74, 6) is 5.09. The van der Waals surface area contributed by atoms with Gasteiger partial charge in [-0.05, 0) is 24.3 Å². The van der Waals surface area contributed by atoms with Crippen molar-refractivity contribution >= 4 is 17.4 Å². The van der Waals surface area contributed by atoms with E-state index in [-0.39, 0.29) is 12.2 Å². The van der Waals surface area contributed by atoms with Crippen LogP contribution in [0.5, 0.6) is 0 Å². The molecule has 4 nitrogen and oxygen atoms in total. The molecule has 4 N–H and O–H groups in total. The molecule has 2 amide bonds. The van der Waals surface area contributed by atoms with Gasteiger partial charge in [-0.25, -0.2) is 9.18 Å². The van der Waals surface area contributed by atoms with Crippen molar-refractivity contribution in [1.29, 1.82) is 0 Å². The number of hydrogen-bond donors (Lipinski definition) is 3. The first-order valence-corrected chi connectivity index (χ1v) is 6.31. The average molecular weight is 283 g/mol. The van der Waals surface area contributed by atoms with E-state index in [1.165, 1.54) is 12.1 Å². The number of para-hydroxylation sites is 2. The molecule has 5 heteroatoms. The lowest BCUT2D eigenvalue weighted by atomic mass is 10.2. The smallest absolute Gasteiger partial charge is 0.320 e. The predicted molar refractivity (Wildman–Crippen MR) is 81.4 cm³/mol. The molecular weight excluding hydrogens is 269 g/mol. The van der Waals surface area contributed by atoms with Crippen LogP contribution in [0.1, 0.15) is 5.56 Å². The molecule has 0 spiro atoms. The zero-order chi connectivity index (χ0) is 15.1. The Morgan fingerprint density at radius 3 is 2.38 bits per heavy atom. The summed E-state index contributed by atoms with van der Waals surface area (Å²) < 4.78 is 13.5. The van der Waals surface area contributed by atoms with Crippen LogP contribution in [-0.2, 0) is 0 Å². The van der Waals surface area contributed by atoms with Gasteiger partial charge in [0.1, 0.15) is 5.82 Å². The van der Waals surface area contributed by atoms with Gasteiger partial charge in [-0.1, -0.05) is 36.1 Å². The van der Waals surface area contributed by atoms with Crippen LogP contribution in [0.3, 0.4) is 0 Å². The van der Waals surface area contributed by atoms with Crippen LogP contribution >= 0.6 is 0 Å². The van der Waals surface area contributed by atoms with Gasteiger partial charge in [0.2, 0.25) is 0 Å². The molecule has 0 bridgehead atoms. The van der Waals surface area contributed by atoms with Gasteiger partial charge < -0.3 is 16.4 Å². The summed E-state index contributed by atoms with van der Waals surface area (Å²) in [4.78, 5) is 11.9. The Morgan fingerprint density at radius 1 is 1.05 bits per heavy atom. The van der Waals surface area contributed by atoms with E-state index in [2.05, 4.69) is 22.5 Å². The summed E-state index contributed by atoms with van der Waals surface area (Å²) in [5.41, 5.74) is 6.62. The first-order chi connectivity index (χ1) is 10.2. The Morgan fingerprint density at radius 2 is 1.67 bits per heavy atom. The Labute approximate surface area is 122 Å². The number of amides is 2. The summed E-state index contributed by atoms with van der Waals surface area (Å²) >= 11 is 0. The highest BCUT2D eigenvalue weighted by Gasteiger charge is 2.07. The number of nitrogens with two attached hydrogens (primary N) is 1. The molecule has 106 valence electrons. The largest absolute Gasteiger partial charge is 0.323 e. The SMILES string of the molecule is NCC#Cc1ccccc1NC(=O)Nc1ccccc1F. The van der Waals surface area contributed by atoms with Crippen LogP contribution in [0.15, 0.2) is 48.5 Å². The van der Waals surface area contributed by atoms with Crippen molar-refractivity contribution in [3.05, 3.63) is 59.9 Å². The minimum absolute atomic E-state index is 0.112. The van der Waals surface area contributed by atoms with Gasteiger partial charge in [0, 0.05) is 5.56 Å². The van der Waals surface area contributed by atoms with Crippen LogP contribution in [0, 0.1) is 17.7 Å². The van der Waals surface area contributed by atoms with Gasteiger partial charge in [0.15, 0.2) is 0 Å². The monoisotopic (exact) mass is 283 g/mol. The fourth-order valence-corrected chi connectivity index (χ4v) is 1.69. The van der Waals surface area contributed by atoms with E-state index in [1.807, 2.05) is 0 Å². The standard InChI is InChI=1S/C16H14FN3O/c17-13-8-2-4-10-15(13)20-16(21)19-14-9-3-1-6-12(14)7-5-11-18/h1-4,6,8-10H,11,18H2,(H2,19,20,21). The van der Waals surface area contributed by atoms with Gasteiger partial charge in [0.25, 0.3) is 0 Å². The molecule has 0 fully saturated rings. The molecule has 2 aromatic rings. The van der Waals surface area contributed by atoms with E-state index in [0.717, 1.165) is 0 Å². The number of urea groups is 1. The van der Waals surface area contributed by atoms with Crippen molar-refractivity contribution in [1.82, 2.24) is 0 Å². The summed E-state index contributed by atoms with van der Waals surface area (Å²) in [6.45, 7) is 0.232. The number of carbonyl (C=O) groups excluding carboxylic acids is 1. The highest BCUT2D eigenvalue weighted by atomic mass is 19.1. The van der Waals surface area contributed by atoms with Gasteiger partial charge in [0.05, 0.1) is 17.9 Å². The van der Waals surface area contributed by atoms with Crippen molar-refractivity contribution < 1.29 is 9.18 Å². The molecule has 0 aliphatic carbocycles. The van der Waals surface area contributed by atoms with Crippen molar-refractivity contribution in [2.75, 3.05) is 17.2 Å². The molecule has 21 heavy (non-hydrogen) atoms. The zero-order valence-electron chi connectivity index (χ0n) is 11.2. The van der Waals surface area contributed by atoms with E-state index < -0.39 is 11.8 Å². The van der Waals surface area contributed by atoms with Crippen LogP contribution in [0.4, 0.5) is 20.6 Å². The third kappa shape index (κ3) is 4.06. The van der Waals surface area contributed by atoms with E-state index in [1.54, 1.807) is 36.4 Å². The Kier molecular flexibility index (Phi) is 4.91. The number of hydrogen-bond acceptors (Lipinski definition) is 2. The first-order valence-electron chi connectivity index (χ1n) is 6.31. The third-order valence-corrected chi connectivity index (χ3v) is 2.62. The number of anilines is 2. The molecule has 2 rings (SSSR count). The fraction of sp³-hybridized carbons (Fsp3) is 0.0625. The lowest BCUT2D eigenvalue weighted by Gasteiger charge is -2.09. The van der Waals surface area contributed by atoms with E-state index >= 15 is 0 Å². The molecule has 0 radical (unpaired) electrons. The molecule has 0 atom stereocenters. The fourth-order valence-electron chi connectivity index (χ4n) is 1.69. The second-order valence-electron chi connectivity index (χ2n) is 4.11. The first kappa shape index (κ1) is 14.6. The third-order valence-electron chi connectivity index (χ3n) is 2.62. The van der Waals surface area contributed by atoms with Crippen molar-refractivity contribution in [3.8, 4) is 11.8 Å². The molecule has 0 unspecified atom stereocenters. The number of nitrogens with one attached hydrogen (secondary N) is 2. The maximum absolute atomic E-state index is 13.5. The van der Waals surface area contributed by atoms with Crippen LogP contribution in [0.25, 0.3) is 0 Å². The van der Waals surface area contributed by atoms with Gasteiger partial charge in [-0.3, -0.25) is 0 Å². The van der Waals surface area contributed by atoms with Crippen LogP contribution < -0.4 is 16.4 Å². The zero-order valence-corrected chi connectivity index (χ0v) is 11.2. The second kappa shape index (κ2) is 7.08. The second-order valence-corrected chi connectivity index (χ2v) is 4.11. The molecule has 0 heterocycles. The number of benzene rings is 2. The van der Waals surface area contributed by atoms with Gasteiger partial charge in [-0.15, -0.1) is 0 Å². The highest BCUT2D eigenvalue weighted by Crippen LogP contribution is 2.16. The van der Waals surface area contributed by atoms with Crippen LogP contribution in [-0.4, -0.2) is 12.6 Å². The van der Waals surface area contributed by atoms with E-state index in [4.69, 9.17) is 5.73 Å². The van der Waals surface area contributed by atoms with Gasteiger partial charge >= 0.3 is 6.03 Å². The Bertz CT molecular complexity index is 704. The topological polar surface area (TPSA) is 67.1 Å². The van der Waals surface area contributed by atoms with Crippen molar-refractivity contribution in [2.45, 2.75) is 0 Å². The molecule has 0 saturated heterocycles. The van der Waals surface area contributed by atoms with Crippen molar-refractivity contribution in [3.63, 3.8) is 0 Å². The summed E-state index contributed by atoms with van der Waals surface area (Å²) in [6.07, 6.45) is 0. The number of carbonyl (C=O) groups is 1. The maximum atomic E-state index is 13.5. The maximum Gasteiger partial charge on any atom is 0.323 e. The quantitative estimate of drug-likeness (QED) is 0.742. The summed E-state index contributed by atoms with van der Waals surface area (Å²) in [7, 11) is 0. The summed E-state index contributed by atoms with van der Waals surface area (Å²) in [5, 5.41) is 5.08. The van der Waals surface area contributed by atoms with Gasteiger partial charge in [-0.2, -0.15) is 0 Å². The predicted octanol–water partition coefficient (Wildman–Crippen LogP) is 2.78. The lowest BCUT2D eigenvalue weighted by Crippen LogP contribution is -2.20. The molecule has 2 aromatic carbocycles. The van der Waals surface area contributed by atoms with E-state index in [9.17, 15) is 9.18 Å². The molecule has 0 aliphatic rings. The normalized spacial score (nSPS) is 9.43. The molecule has 0 aromatic heterocycles. The van der Waals surface area contributed by atoms with Crippen molar-refractivity contribution in [2.24, 2.45) is 5.73 Å². The van der Waals surface area contributed by atoms with Crippen LogP contribution in [0.2, 0.25) is 0 Å². The molecule has 0 saturated carbocycles. The minimum atomic E-state index is -0.540. The van der Waals surface area contributed by atoms with E-state index in [0.29, 0.717) is 11.3 Å². The Balaban J connectivity index is 2.12. The number of halogens is 1.